The first-order valence-corrected chi connectivity index (χ1v) is 7.19. The number of carbonyl (C=O) groups is 1. The summed E-state index contributed by atoms with van der Waals surface area (Å²) in [6, 6.07) is 7.51. The molecule has 26 heavy (non-hydrogen) atoms. The van der Waals surface area contributed by atoms with Gasteiger partial charge >= 0.3 is 12.3 Å². The molecule has 0 fully saturated rings. The number of nitrogens with one attached hydrogen (secondary N) is 2. The fraction of sp³-hybridized carbons (Fsp3) is 0.0588. The van der Waals surface area contributed by atoms with Crippen molar-refractivity contribution in [2.45, 2.75) is 6.18 Å². The average Bonchev–Trinajstić information content (AvgIpc) is 2.54. The van der Waals surface area contributed by atoms with E-state index in [1.54, 1.807) is 0 Å². The summed E-state index contributed by atoms with van der Waals surface area (Å²) < 4.78 is 52.8. The van der Waals surface area contributed by atoms with E-state index < -0.39 is 29.2 Å². The maximum atomic E-state index is 13.2. The van der Waals surface area contributed by atoms with Gasteiger partial charge in [-0.3, -0.25) is 10.1 Å². The molecule has 1 aromatic heterocycles. The molecule has 0 spiro atoms. The molecule has 0 aliphatic rings. The first-order valence-electron chi connectivity index (χ1n) is 7.19. The first kappa shape index (κ1) is 17.5. The predicted molar refractivity (Wildman–Crippen MR) is 86.6 cm³/mol. The van der Waals surface area contributed by atoms with Gasteiger partial charge in [-0.2, -0.15) is 13.2 Å². The summed E-state index contributed by atoms with van der Waals surface area (Å²) in [5.74, 6) is -1.05. The van der Waals surface area contributed by atoms with Crippen LogP contribution in [0.2, 0.25) is 0 Å². The summed E-state index contributed by atoms with van der Waals surface area (Å²) in [5, 5.41) is 11.2. The Morgan fingerprint density at radius 2 is 1.81 bits per heavy atom. The van der Waals surface area contributed by atoms with Crippen LogP contribution in [0.25, 0.3) is 22.0 Å². The zero-order valence-corrected chi connectivity index (χ0v) is 12.8. The molecule has 0 atom stereocenters. The number of carboxylic acid groups (broad SMARTS) is 1. The number of aromatic amines is 1. The number of H-pyrrole nitrogens is 1. The summed E-state index contributed by atoms with van der Waals surface area (Å²) in [5.41, 5.74) is -2.28. The van der Waals surface area contributed by atoms with E-state index >= 15 is 0 Å². The number of hydrogen-bond acceptors (Lipinski definition) is 2. The van der Waals surface area contributed by atoms with Crippen LogP contribution >= 0.6 is 0 Å². The van der Waals surface area contributed by atoms with E-state index in [0.29, 0.717) is 11.5 Å². The standard InChI is InChI=1S/C17H10F4N2O3/c18-9-2-4-11(13(6-9)17(19,20)21)14-5-8-1-3-10(22-16(25)26)7-12(8)15(24)23-14/h1-7,22H,(H,23,24)(H,25,26). The van der Waals surface area contributed by atoms with Gasteiger partial charge in [0.1, 0.15) is 5.82 Å². The van der Waals surface area contributed by atoms with Gasteiger partial charge in [0.15, 0.2) is 0 Å². The third kappa shape index (κ3) is 3.37. The second kappa shape index (κ2) is 6.17. The number of alkyl halides is 3. The lowest BCUT2D eigenvalue weighted by Gasteiger charge is -2.13. The highest BCUT2D eigenvalue weighted by Gasteiger charge is 2.34. The van der Waals surface area contributed by atoms with Crippen molar-refractivity contribution in [2.75, 3.05) is 5.32 Å². The fourth-order valence-electron chi connectivity index (χ4n) is 2.59. The molecule has 2 aromatic carbocycles. The molecule has 3 aromatic rings. The molecule has 0 unspecified atom stereocenters. The summed E-state index contributed by atoms with van der Waals surface area (Å²) in [6.45, 7) is 0. The molecule has 0 aliphatic carbocycles. The molecule has 5 nitrogen and oxygen atoms in total. The van der Waals surface area contributed by atoms with Crippen LogP contribution in [0, 0.1) is 5.82 Å². The molecule has 3 N–H and O–H groups in total. The monoisotopic (exact) mass is 366 g/mol. The van der Waals surface area contributed by atoms with E-state index in [0.717, 1.165) is 12.1 Å². The number of benzene rings is 2. The number of hydrogen-bond donors (Lipinski definition) is 3. The minimum Gasteiger partial charge on any atom is -0.465 e. The van der Waals surface area contributed by atoms with Crippen LogP contribution in [-0.4, -0.2) is 16.2 Å². The van der Waals surface area contributed by atoms with E-state index in [9.17, 15) is 27.2 Å². The maximum Gasteiger partial charge on any atom is 0.417 e. The SMILES string of the molecule is O=C(O)Nc1ccc2cc(-c3ccc(F)cc3C(F)(F)F)[nH]c(=O)c2c1. The minimum absolute atomic E-state index is 0.0932. The van der Waals surface area contributed by atoms with Gasteiger partial charge < -0.3 is 10.1 Å². The normalized spacial score (nSPS) is 11.5. The molecule has 1 amide bonds. The van der Waals surface area contributed by atoms with Gasteiger partial charge in [0.05, 0.1) is 5.56 Å². The number of rotatable bonds is 2. The number of halogens is 4. The van der Waals surface area contributed by atoms with Gasteiger partial charge in [0.25, 0.3) is 5.56 Å². The highest BCUT2D eigenvalue weighted by atomic mass is 19.4. The van der Waals surface area contributed by atoms with E-state index in [4.69, 9.17) is 5.11 Å². The summed E-state index contributed by atoms with van der Waals surface area (Å²) in [4.78, 5) is 25.2. The van der Waals surface area contributed by atoms with E-state index in [2.05, 4.69) is 10.3 Å². The first-order chi connectivity index (χ1) is 12.1. The van der Waals surface area contributed by atoms with Gasteiger partial charge in [-0.1, -0.05) is 6.07 Å². The molecule has 3 rings (SSSR count). The molecule has 1 heterocycles. The quantitative estimate of drug-likeness (QED) is 0.587. The number of fused-ring (bicyclic) bond motifs is 1. The van der Waals surface area contributed by atoms with Crippen molar-refractivity contribution in [3.63, 3.8) is 0 Å². The van der Waals surface area contributed by atoms with Crippen LogP contribution in [0.5, 0.6) is 0 Å². The van der Waals surface area contributed by atoms with Crippen molar-refractivity contribution >= 4 is 22.6 Å². The van der Waals surface area contributed by atoms with Gasteiger partial charge in [-0.25, -0.2) is 9.18 Å². The molecular weight excluding hydrogens is 356 g/mol. The van der Waals surface area contributed by atoms with Crippen molar-refractivity contribution in [3.8, 4) is 11.3 Å². The van der Waals surface area contributed by atoms with Crippen molar-refractivity contribution in [2.24, 2.45) is 0 Å². The van der Waals surface area contributed by atoms with Crippen molar-refractivity contribution in [1.29, 1.82) is 0 Å². The Labute approximate surface area is 142 Å². The topological polar surface area (TPSA) is 82.2 Å². The highest BCUT2D eigenvalue weighted by Crippen LogP contribution is 2.37. The number of anilines is 1. The second-order valence-electron chi connectivity index (χ2n) is 5.43. The van der Waals surface area contributed by atoms with Crippen LogP contribution in [0.3, 0.4) is 0 Å². The second-order valence-corrected chi connectivity index (χ2v) is 5.43. The summed E-state index contributed by atoms with van der Waals surface area (Å²) >= 11 is 0. The predicted octanol–water partition coefficient (Wildman–Crippen LogP) is 4.44. The average molecular weight is 366 g/mol. The highest BCUT2D eigenvalue weighted by molar-refractivity contribution is 5.91. The maximum absolute atomic E-state index is 13.2. The number of aromatic nitrogens is 1. The third-order valence-electron chi connectivity index (χ3n) is 3.67. The Bertz CT molecular complexity index is 1070. The Balaban J connectivity index is 2.19. The lowest BCUT2D eigenvalue weighted by Crippen LogP contribution is -2.12. The van der Waals surface area contributed by atoms with Crippen molar-refractivity contribution < 1.29 is 27.5 Å². The van der Waals surface area contributed by atoms with Crippen LogP contribution in [-0.2, 0) is 6.18 Å². The lowest BCUT2D eigenvalue weighted by atomic mass is 10.0. The Morgan fingerprint density at radius 1 is 1.08 bits per heavy atom. The van der Waals surface area contributed by atoms with Crippen LogP contribution in [0.1, 0.15) is 5.56 Å². The van der Waals surface area contributed by atoms with Crippen LogP contribution in [0.15, 0.2) is 47.3 Å². The van der Waals surface area contributed by atoms with Crippen molar-refractivity contribution in [3.05, 3.63) is 64.2 Å². The van der Waals surface area contributed by atoms with Gasteiger partial charge in [0, 0.05) is 22.3 Å². The molecule has 0 radical (unpaired) electrons. The Kier molecular flexibility index (Phi) is 4.15. The molecule has 0 saturated carbocycles. The van der Waals surface area contributed by atoms with E-state index in [1.807, 2.05) is 0 Å². The Morgan fingerprint density at radius 3 is 2.46 bits per heavy atom. The summed E-state index contributed by atoms with van der Waals surface area (Å²) in [7, 11) is 0. The number of pyridine rings is 1. The largest absolute Gasteiger partial charge is 0.465 e. The third-order valence-corrected chi connectivity index (χ3v) is 3.67. The molecular formula is C17H10F4N2O3. The molecule has 0 bridgehead atoms. The van der Waals surface area contributed by atoms with Crippen LogP contribution < -0.4 is 10.9 Å². The van der Waals surface area contributed by atoms with E-state index in [1.165, 1.54) is 24.3 Å². The zero-order chi connectivity index (χ0) is 19.1. The van der Waals surface area contributed by atoms with Crippen molar-refractivity contribution in [1.82, 2.24) is 4.98 Å². The Hall–Kier alpha value is -3.36. The van der Waals surface area contributed by atoms with Crippen LogP contribution in [0.4, 0.5) is 28.0 Å². The number of amides is 1. The van der Waals surface area contributed by atoms with Gasteiger partial charge in [-0.05, 0) is 41.8 Å². The smallest absolute Gasteiger partial charge is 0.417 e. The molecule has 0 aliphatic heterocycles. The lowest BCUT2D eigenvalue weighted by molar-refractivity contribution is -0.137. The molecule has 0 saturated heterocycles. The van der Waals surface area contributed by atoms with Gasteiger partial charge in [-0.15, -0.1) is 0 Å². The molecule has 134 valence electrons. The molecule has 9 heteroatoms. The fourth-order valence-corrected chi connectivity index (χ4v) is 2.59. The van der Waals surface area contributed by atoms with E-state index in [-0.39, 0.29) is 22.3 Å². The summed E-state index contributed by atoms with van der Waals surface area (Å²) in [6.07, 6.45) is -6.13. The minimum atomic E-state index is -4.81. The van der Waals surface area contributed by atoms with Gasteiger partial charge in [0.2, 0.25) is 0 Å². The zero-order valence-electron chi connectivity index (χ0n) is 12.8.